The van der Waals surface area contributed by atoms with Crippen LogP contribution >= 0.6 is 0 Å². The molecule has 0 saturated carbocycles. The van der Waals surface area contributed by atoms with Crippen LogP contribution in [0.4, 0.5) is 0 Å². The van der Waals surface area contributed by atoms with Gasteiger partial charge in [-0.1, -0.05) is 0 Å². The maximum atomic E-state index is 12.6. The van der Waals surface area contributed by atoms with Crippen LogP contribution in [0.15, 0.2) is 47.3 Å². The number of H-pyrrole nitrogens is 2. The molecule has 0 bridgehead atoms. The van der Waals surface area contributed by atoms with Gasteiger partial charge in [0.05, 0.1) is 48.2 Å². The number of nitrogens with zero attached hydrogens (tertiary/aromatic N) is 3. The van der Waals surface area contributed by atoms with Crippen molar-refractivity contribution in [1.82, 2.24) is 19.9 Å². The second-order valence-corrected chi connectivity index (χ2v) is 7.85. The Labute approximate surface area is 184 Å². The predicted molar refractivity (Wildman–Crippen MR) is 122 cm³/mol. The maximum Gasteiger partial charge on any atom is 0.276 e. The molecular formula is C24H23N5O3. The fraction of sp³-hybridized carbons (Fsp3) is 0.292. The third-order valence-corrected chi connectivity index (χ3v) is 5.66. The third kappa shape index (κ3) is 4.21. The van der Waals surface area contributed by atoms with E-state index in [-0.39, 0.29) is 5.56 Å². The Morgan fingerprint density at radius 1 is 1.09 bits per heavy atom. The van der Waals surface area contributed by atoms with Crippen LogP contribution in [-0.2, 0) is 4.74 Å². The Kier molecular flexibility index (Phi) is 5.58. The maximum absolute atomic E-state index is 12.6. The van der Waals surface area contributed by atoms with E-state index in [2.05, 4.69) is 25.9 Å². The minimum Gasteiger partial charge on any atom is -0.493 e. The van der Waals surface area contributed by atoms with E-state index in [0.29, 0.717) is 34.6 Å². The number of morpholine rings is 1. The molecule has 0 spiro atoms. The van der Waals surface area contributed by atoms with Crippen molar-refractivity contribution >= 4 is 21.9 Å². The van der Waals surface area contributed by atoms with Gasteiger partial charge in [0.15, 0.2) is 5.69 Å². The van der Waals surface area contributed by atoms with Gasteiger partial charge in [0.2, 0.25) is 0 Å². The molecular weight excluding hydrogens is 406 g/mol. The highest BCUT2D eigenvalue weighted by molar-refractivity contribution is 5.87. The van der Waals surface area contributed by atoms with Crippen molar-refractivity contribution in [2.75, 3.05) is 39.5 Å². The van der Waals surface area contributed by atoms with Gasteiger partial charge in [-0.3, -0.25) is 9.69 Å². The minimum absolute atomic E-state index is 0.274. The molecule has 0 unspecified atom stereocenters. The highest BCUT2D eigenvalue weighted by atomic mass is 16.5. The lowest BCUT2D eigenvalue weighted by Gasteiger charge is -2.26. The first-order valence-electron chi connectivity index (χ1n) is 10.7. The molecule has 0 radical (unpaired) electrons. The third-order valence-electron chi connectivity index (χ3n) is 5.66. The van der Waals surface area contributed by atoms with Gasteiger partial charge in [0.25, 0.3) is 5.56 Å². The molecule has 2 N–H and O–H groups in total. The fourth-order valence-electron chi connectivity index (χ4n) is 3.97. The van der Waals surface area contributed by atoms with Crippen molar-refractivity contribution in [2.24, 2.45) is 0 Å². The summed E-state index contributed by atoms with van der Waals surface area (Å²) in [4.78, 5) is 25.7. The van der Waals surface area contributed by atoms with Crippen LogP contribution in [-0.4, -0.2) is 59.3 Å². The summed E-state index contributed by atoms with van der Waals surface area (Å²) < 4.78 is 11.3. The molecule has 1 fully saturated rings. The van der Waals surface area contributed by atoms with Gasteiger partial charge in [0, 0.05) is 36.6 Å². The highest BCUT2D eigenvalue weighted by Crippen LogP contribution is 2.24. The van der Waals surface area contributed by atoms with E-state index in [0.717, 1.165) is 55.9 Å². The van der Waals surface area contributed by atoms with E-state index in [1.165, 1.54) is 0 Å². The lowest BCUT2D eigenvalue weighted by atomic mass is 10.2. The first-order valence-corrected chi connectivity index (χ1v) is 10.7. The van der Waals surface area contributed by atoms with E-state index >= 15 is 0 Å². The largest absolute Gasteiger partial charge is 0.493 e. The number of benzene rings is 2. The number of hydrogen-bond acceptors (Lipinski definition) is 6. The van der Waals surface area contributed by atoms with E-state index in [1.54, 1.807) is 12.1 Å². The molecule has 4 aromatic rings. The number of aromatic amines is 2. The zero-order valence-electron chi connectivity index (χ0n) is 17.6. The first kappa shape index (κ1) is 20.2. The van der Waals surface area contributed by atoms with Crippen molar-refractivity contribution in [3.63, 3.8) is 0 Å². The summed E-state index contributed by atoms with van der Waals surface area (Å²) in [6.07, 6.45) is 0.933. The second kappa shape index (κ2) is 8.83. The average molecular weight is 429 g/mol. The van der Waals surface area contributed by atoms with Crippen molar-refractivity contribution in [3.05, 3.63) is 58.4 Å². The van der Waals surface area contributed by atoms with Gasteiger partial charge in [-0.2, -0.15) is 5.26 Å². The molecule has 8 heteroatoms. The molecule has 5 rings (SSSR count). The monoisotopic (exact) mass is 429 g/mol. The van der Waals surface area contributed by atoms with Gasteiger partial charge < -0.3 is 19.4 Å². The van der Waals surface area contributed by atoms with Gasteiger partial charge in [-0.15, -0.1) is 0 Å². The van der Waals surface area contributed by atoms with Gasteiger partial charge in [0.1, 0.15) is 5.75 Å². The van der Waals surface area contributed by atoms with Crippen LogP contribution in [0.25, 0.3) is 33.3 Å². The van der Waals surface area contributed by atoms with Crippen LogP contribution in [0, 0.1) is 11.3 Å². The lowest BCUT2D eigenvalue weighted by Crippen LogP contribution is -2.37. The summed E-state index contributed by atoms with van der Waals surface area (Å²) in [5, 5.41) is 9.97. The Morgan fingerprint density at radius 2 is 1.94 bits per heavy atom. The van der Waals surface area contributed by atoms with Crippen LogP contribution in [0.3, 0.4) is 0 Å². The summed E-state index contributed by atoms with van der Waals surface area (Å²) in [6, 6.07) is 14.8. The Balaban J connectivity index is 1.35. The number of ether oxygens (including phenoxy) is 2. The number of nitriles is 1. The van der Waals surface area contributed by atoms with Crippen molar-refractivity contribution in [1.29, 1.82) is 5.26 Å². The molecule has 32 heavy (non-hydrogen) atoms. The molecule has 162 valence electrons. The summed E-state index contributed by atoms with van der Waals surface area (Å²) in [7, 11) is 0. The summed E-state index contributed by atoms with van der Waals surface area (Å²) in [5.41, 5.74) is 3.36. The molecule has 3 heterocycles. The van der Waals surface area contributed by atoms with Gasteiger partial charge in [-0.05, 0) is 42.8 Å². The smallest absolute Gasteiger partial charge is 0.276 e. The summed E-state index contributed by atoms with van der Waals surface area (Å²) >= 11 is 0. The average Bonchev–Trinajstić information content (AvgIpc) is 3.25. The first-order chi connectivity index (χ1) is 15.7. The second-order valence-electron chi connectivity index (χ2n) is 7.85. The van der Waals surface area contributed by atoms with E-state index < -0.39 is 0 Å². The molecule has 2 aromatic heterocycles. The van der Waals surface area contributed by atoms with Gasteiger partial charge >= 0.3 is 0 Å². The number of hydrogen-bond donors (Lipinski definition) is 2. The molecule has 0 amide bonds. The zero-order valence-corrected chi connectivity index (χ0v) is 17.6. The highest BCUT2D eigenvalue weighted by Gasteiger charge is 2.12. The predicted octanol–water partition coefficient (Wildman–Crippen LogP) is 3.04. The molecule has 1 saturated heterocycles. The minimum atomic E-state index is -0.274. The van der Waals surface area contributed by atoms with E-state index in [1.807, 2.05) is 30.3 Å². The SMILES string of the molecule is N#Cc1ccc2[nH]c(-c3nc4cc(OCCCN5CCOCC5)ccc4[nH]c3=O)cc2c1. The van der Waals surface area contributed by atoms with Crippen LogP contribution in [0.1, 0.15) is 12.0 Å². The lowest BCUT2D eigenvalue weighted by molar-refractivity contribution is 0.0358. The summed E-state index contributed by atoms with van der Waals surface area (Å²) in [6.45, 7) is 5.15. The summed E-state index contributed by atoms with van der Waals surface area (Å²) in [5.74, 6) is 0.722. The molecule has 1 aliphatic rings. The fourth-order valence-corrected chi connectivity index (χ4v) is 3.97. The van der Waals surface area contributed by atoms with E-state index in [9.17, 15) is 4.79 Å². The molecule has 0 aliphatic carbocycles. The van der Waals surface area contributed by atoms with E-state index in [4.69, 9.17) is 14.7 Å². The number of rotatable bonds is 6. The molecule has 2 aromatic carbocycles. The topological polar surface area (TPSA) is 107 Å². The number of nitrogens with one attached hydrogen (secondary N) is 2. The quantitative estimate of drug-likeness (QED) is 0.456. The van der Waals surface area contributed by atoms with Crippen LogP contribution < -0.4 is 10.3 Å². The van der Waals surface area contributed by atoms with Crippen molar-refractivity contribution in [3.8, 4) is 23.2 Å². The number of aromatic nitrogens is 3. The molecule has 0 atom stereocenters. The Bertz CT molecular complexity index is 1360. The van der Waals surface area contributed by atoms with Gasteiger partial charge in [-0.25, -0.2) is 4.98 Å². The van der Waals surface area contributed by atoms with Crippen LogP contribution in [0.2, 0.25) is 0 Å². The zero-order chi connectivity index (χ0) is 21.9. The van der Waals surface area contributed by atoms with Crippen molar-refractivity contribution in [2.45, 2.75) is 6.42 Å². The Hall–Kier alpha value is -3.67. The standard InChI is InChI=1S/C24H23N5O3/c25-15-16-2-4-19-17(12-16)13-22(26-19)23-24(30)28-20-5-3-18(14-21(20)27-23)32-9-1-6-29-7-10-31-11-8-29/h2-5,12-14,26H,1,6-11H2,(H,28,30). The normalized spacial score (nSPS) is 14.6. The molecule has 8 nitrogen and oxygen atoms in total. The van der Waals surface area contributed by atoms with Crippen LogP contribution in [0.5, 0.6) is 5.75 Å². The Morgan fingerprint density at radius 3 is 2.78 bits per heavy atom. The van der Waals surface area contributed by atoms with Crippen molar-refractivity contribution < 1.29 is 9.47 Å². The molecule has 1 aliphatic heterocycles. The number of fused-ring (bicyclic) bond motifs is 2.